The molecule has 306 valence electrons. The first-order valence-corrected chi connectivity index (χ1v) is 21.8. The van der Waals surface area contributed by atoms with Crippen LogP contribution in [0, 0.1) is 71.0 Å². The SMILES string of the molecule is C.C.C.C=CC1CCC(C2CCC(C)CC2)CC1.C=CC1CCC(C2CCC(C)CC2)CC1.C=CC1CCC(C2CCC(CCC)CC2)CC1.[HH].[HH].[HH].[HH].[HH].[HH]. The summed E-state index contributed by atoms with van der Waals surface area (Å²) < 4.78 is 0. The molecule has 0 heterocycles. The van der Waals surface area contributed by atoms with Crippen LogP contribution in [0.2, 0.25) is 0 Å². The van der Waals surface area contributed by atoms with Gasteiger partial charge in [0.25, 0.3) is 0 Å². The van der Waals surface area contributed by atoms with Gasteiger partial charge in [0.15, 0.2) is 0 Å². The Kier molecular flexibility index (Phi) is 24.6. The molecule has 6 saturated carbocycles. The lowest BCUT2D eigenvalue weighted by atomic mass is 9.69. The molecule has 0 spiro atoms. The summed E-state index contributed by atoms with van der Waals surface area (Å²) in [5.74, 6) is 12.0. The summed E-state index contributed by atoms with van der Waals surface area (Å²) in [5, 5.41) is 0. The van der Waals surface area contributed by atoms with Crippen LogP contribution in [0.5, 0.6) is 0 Å². The van der Waals surface area contributed by atoms with E-state index in [4.69, 9.17) is 0 Å². The topological polar surface area (TPSA) is 0 Å². The third-order valence-corrected chi connectivity index (χ3v) is 15.2. The Morgan fingerprint density at radius 3 is 0.820 bits per heavy atom. The minimum absolute atomic E-state index is 0. The smallest absolute Gasteiger partial charge is 0 e. The lowest BCUT2D eigenvalue weighted by Crippen LogP contribution is -2.25. The van der Waals surface area contributed by atoms with E-state index in [9.17, 15) is 0 Å². The largest absolute Gasteiger partial charge is 0.103 e. The maximum atomic E-state index is 3.95. The van der Waals surface area contributed by atoms with Crippen molar-refractivity contribution in [2.75, 3.05) is 0 Å². The van der Waals surface area contributed by atoms with Crippen LogP contribution in [-0.4, -0.2) is 0 Å². The Labute approximate surface area is 326 Å². The lowest BCUT2D eigenvalue weighted by molar-refractivity contribution is 0.152. The number of rotatable bonds is 8. The standard InChI is InChI=1S/C17H30.2C15H26.3CH4.6H2/c1-3-5-15-8-12-17(13-9-15)16-10-6-14(4-2)7-11-16;2*1-3-13-6-10-15(11-7-13)14-8-4-12(2)5-9-14;;;;;;;;;/h4,14-17H,2-3,5-13H2,1H3;2*3,12-15H,1,4-11H2,2H3;3*1H4;6*1H. The summed E-state index contributed by atoms with van der Waals surface area (Å²) >= 11 is 0. The van der Waals surface area contributed by atoms with E-state index in [1.165, 1.54) is 167 Å². The van der Waals surface area contributed by atoms with Gasteiger partial charge in [0, 0.05) is 8.56 Å². The lowest BCUT2D eigenvalue weighted by Gasteiger charge is -2.37. The third kappa shape index (κ3) is 15.7. The molecule has 0 heteroatoms. The van der Waals surface area contributed by atoms with Crippen LogP contribution in [0.15, 0.2) is 38.0 Å². The van der Waals surface area contributed by atoms with E-state index in [1.54, 1.807) is 0 Å². The van der Waals surface area contributed by atoms with Crippen molar-refractivity contribution in [2.24, 2.45) is 71.0 Å². The van der Waals surface area contributed by atoms with Crippen molar-refractivity contribution in [1.82, 2.24) is 0 Å². The van der Waals surface area contributed by atoms with Gasteiger partial charge in [0.05, 0.1) is 0 Å². The van der Waals surface area contributed by atoms with Crippen molar-refractivity contribution in [3.63, 3.8) is 0 Å². The Balaban J connectivity index is -0.000000155. The van der Waals surface area contributed by atoms with Gasteiger partial charge in [-0.3, -0.25) is 0 Å². The van der Waals surface area contributed by atoms with E-state index in [0.717, 1.165) is 71.0 Å². The Hall–Kier alpha value is -0.780. The minimum atomic E-state index is 0. The van der Waals surface area contributed by atoms with Crippen LogP contribution >= 0.6 is 0 Å². The van der Waals surface area contributed by atoms with Crippen molar-refractivity contribution in [3.05, 3.63) is 38.0 Å². The van der Waals surface area contributed by atoms with E-state index in [-0.39, 0.29) is 30.8 Å². The average Bonchev–Trinajstić information content (AvgIpc) is 3.13. The molecule has 6 fully saturated rings. The predicted octanol–water partition coefficient (Wildman–Crippen LogP) is 18.6. The molecule has 0 saturated heterocycles. The van der Waals surface area contributed by atoms with E-state index in [0.29, 0.717) is 0 Å². The Bertz CT molecular complexity index is 801. The summed E-state index contributed by atoms with van der Waals surface area (Å²) in [4.78, 5) is 0. The molecule has 0 aromatic heterocycles. The van der Waals surface area contributed by atoms with E-state index < -0.39 is 0 Å². The minimum Gasteiger partial charge on any atom is -0.103 e. The van der Waals surface area contributed by atoms with Crippen LogP contribution in [-0.2, 0) is 0 Å². The number of allylic oxidation sites excluding steroid dienone is 3. The van der Waals surface area contributed by atoms with Gasteiger partial charge in [-0.2, -0.15) is 0 Å². The molecular formula is C50H106. The zero-order valence-electron chi connectivity index (χ0n) is 32.2. The van der Waals surface area contributed by atoms with Crippen molar-refractivity contribution in [1.29, 1.82) is 0 Å². The second kappa shape index (κ2) is 26.1. The number of hydrogen-bond acceptors (Lipinski definition) is 0. The number of hydrogen-bond donors (Lipinski definition) is 0. The molecule has 0 nitrogen and oxygen atoms in total. The van der Waals surface area contributed by atoms with Gasteiger partial charge >= 0.3 is 0 Å². The van der Waals surface area contributed by atoms with Crippen molar-refractivity contribution >= 4 is 0 Å². The van der Waals surface area contributed by atoms with E-state index in [1.807, 2.05) is 0 Å². The summed E-state index contributed by atoms with van der Waals surface area (Å²) in [7, 11) is 0. The molecule has 50 heavy (non-hydrogen) atoms. The van der Waals surface area contributed by atoms with Gasteiger partial charge in [-0.15, -0.1) is 19.7 Å². The molecule has 0 aromatic rings. The molecule has 0 atom stereocenters. The molecule has 0 amide bonds. The van der Waals surface area contributed by atoms with Crippen molar-refractivity contribution in [3.8, 4) is 0 Å². The molecule has 0 aromatic carbocycles. The fourth-order valence-corrected chi connectivity index (χ4v) is 11.4. The molecule has 6 aliphatic carbocycles. The van der Waals surface area contributed by atoms with E-state index >= 15 is 0 Å². The molecule has 6 aliphatic rings. The molecule has 0 unspecified atom stereocenters. The van der Waals surface area contributed by atoms with E-state index in [2.05, 4.69) is 58.7 Å². The van der Waals surface area contributed by atoms with Crippen LogP contribution in [0.3, 0.4) is 0 Å². The Morgan fingerprint density at radius 1 is 0.380 bits per heavy atom. The monoisotopic (exact) mass is 707 g/mol. The van der Waals surface area contributed by atoms with Gasteiger partial charge in [-0.25, -0.2) is 0 Å². The second-order valence-electron chi connectivity index (χ2n) is 18.3. The summed E-state index contributed by atoms with van der Waals surface area (Å²) in [5.41, 5.74) is 0. The maximum Gasteiger partial charge on any atom is 0 e. The maximum absolute atomic E-state index is 3.95. The highest BCUT2D eigenvalue weighted by atomic mass is 14.4. The van der Waals surface area contributed by atoms with Crippen LogP contribution in [0.4, 0.5) is 0 Å². The molecular weight excluding hydrogens is 601 g/mol. The zero-order chi connectivity index (χ0) is 33.4. The van der Waals surface area contributed by atoms with Gasteiger partial charge in [-0.05, 0) is 187 Å². The fourth-order valence-electron chi connectivity index (χ4n) is 11.4. The van der Waals surface area contributed by atoms with Crippen LogP contribution < -0.4 is 0 Å². The van der Waals surface area contributed by atoms with Crippen LogP contribution in [0.1, 0.15) is 219 Å². The molecule has 0 aliphatic heterocycles. The summed E-state index contributed by atoms with van der Waals surface area (Å²) in [6.07, 6.45) is 45.0. The van der Waals surface area contributed by atoms with Crippen molar-refractivity contribution in [2.45, 2.75) is 210 Å². The van der Waals surface area contributed by atoms with Crippen molar-refractivity contribution < 1.29 is 8.56 Å². The first-order chi connectivity index (χ1) is 22.9. The molecule has 0 radical (unpaired) electrons. The fraction of sp³-hybridized carbons (Fsp3) is 0.880. The third-order valence-electron chi connectivity index (χ3n) is 15.2. The quantitative estimate of drug-likeness (QED) is 0.220. The summed E-state index contributed by atoms with van der Waals surface area (Å²) in [6, 6.07) is 0. The predicted molar refractivity (Wildman–Crippen MR) is 242 cm³/mol. The summed E-state index contributed by atoms with van der Waals surface area (Å²) in [6.45, 7) is 19.0. The first kappa shape index (κ1) is 47.2. The van der Waals surface area contributed by atoms with Gasteiger partial charge < -0.3 is 0 Å². The molecule has 0 bridgehead atoms. The highest BCUT2D eigenvalue weighted by Crippen LogP contribution is 2.44. The highest BCUT2D eigenvalue weighted by molar-refractivity contribution is 4.89. The van der Waals surface area contributed by atoms with Gasteiger partial charge in [0.2, 0.25) is 0 Å². The highest BCUT2D eigenvalue weighted by Gasteiger charge is 2.31. The normalized spacial score (nSPS) is 38.7. The zero-order valence-corrected chi connectivity index (χ0v) is 32.2. The Morgan fingerprint density at radius 2 is 0.600 bits per heavy atom. The molecule has 6 rings (SSSR count). The van der Waals surface area contributed by atoms with Gasteiger partial charge in [0.1, 0.15) is 0 Å². The second-order valence-corrected chi connectivity index (χ2v) is 18.3. The molecule has 0 N–H and O–H groups in total. The average molecular weight is 707 g/mol. The van der Waals surface area contributed by atoms with Gasteiger partial charge in [-0.1, -0.05) is 113 Å². The first-order valence-electron chi connectivity index (χ1n) is 21.8. The van der Waals surface area contributed by atoms with Crippen LogP contribution in [0.25, 0.3) is 0 Å².